The number of rotatable bonds is 6. The molecule has 0 aliphatic rings. The summed E-state index contributed by atoms with van der Waals surface area (Å²) < 4.78 is 7.03. The van der Waals surface area contributed by atoms with Crippen LogP contribution in [0.15, 0.2) is 41.2 Å². The monoisotopic (exact) mass is 337 g/mol. The van der Waals surface area contributed by atoms with Crippen molar-refractivity contribution in [3.05, 3.63) is 46.7 Å². The molecule has 0 aliphatic heterocycles. The lowest BCUT2D eigenvalue weighted by molar-refractivity contribution is 0.431. The summed E-state index contributed by atoms with van der Waals surface area (Å²) in [5, 5.41) is 12.2. The van der Waals surface area contributed by atoms with Gasteiger partial charge < -0.3 is 9.84 Å². The predicted octanol–water partition coefficient (Wildman–Crippen LogP) is 3.74. The lowest BCUT2D eigenvalue weighted by atomic mass is 10.2. The van der Waals surface area contributed by atoms with Crippen molar-refractivity contribution in [1.29, 1.82) is 0 Å². The van der Waals surface area contributed by atoms with Crippen molar-refractivity contribution in [2.75, 3.05) is 11.9 Å². The van der Waals surface area contributed by atoms with Gasteiger partial charge >= 0.3 is 6.01 Å². The summed E-state index contributed by atoms with van der Waals surface area (Å²) in [6, 6.07) is 7.39. The maximum atomic E-state index is 5.96. The first-order valence-electron chi connectivity index (χ1n) is 6.72. The molecule has 0 saturated heterocycles. The molecule has 0 spiro atoms. The number of anilines is 1. The quantitative estimate of drug-likeness (QED) is 0.694. The van der Waals surface area contributed by atoms with Gasteiger partial charge in [0.05, 0.1) is 0 Å². The Morgan fingerprint density at radius 3 is 2.73 bits per heavy atom. The number of nitrogens with one attached hydrogen (secondary N) is 1. The molecule has 0 fully saturated rings. The average Bonchev–Trinajstić information content (AvgIpc) is 3.14. The first-order chi connectivity index (χ1) is 10.7. The highest BCUT2D eigenvalue weighted by Crippen LogP contribution is 2.25. The number of nitrogens with zero attached hydrogens (tertiary/aromatic N) is 4. The maximum absolute atomic E-state index is 5.96. The van der Waals surface area contributed by atoms with Gasteiger partial charge in [0.2, 0.25) is 5.82 Å². The molecular weight excluding hydrogens is 325 g/mol. The first kappa shape index (κ1) is 14.9. The molecule has 8 heteroatoms. The van der Waals surface area contributed by atoms with E-state index in [9.17, 15) is 0 Å². The second-order valence-corrected chi connectivity index (χ2v) is 5.50. The van der Waals surface area contributed by atoms with Crippen LogP contribution in [0.4, 0.5) is 6.01 Å². The summed E-state index contributed by atoms with van der Waals surface area (Å²) in [5.74, 6) is 0.443. The van der Waals surface area contributed by atoms with Crippen LogP contribution in [0.3, 0.4) is 0 Å². The topological polar surface area (TPSA) is 68.8 Å². The van der Waals surface area contributed by atoms with Gasteiger partial charge in [-0.15, -0.1) is 0 Å². The molecule has 2 aromatic heterocycles. The van der Waals surface area contributed by atoms with E-state index in [0.717, 1.165) is 13.0 Å². The zero-order valence-corrected chi connectivity index (χ0v) is 13.1. The average molecular weight is 338 g/mol. The number of aromatic nitrogens is 4. The van der Waals surface area contributed by atoms with Gasteiger partial charge in [-0.3, -0.25) is 4.68 Å². The van der Waals surface area contributed by atoms with Crippen molar-refractivity contribution in [2.45, 2.75) is 13.0 Å². The largest absolute Gasteiger partial charge is 0.338 e. The summed E-state index contributed by atoms with van der Waals surface area (Å²) in [6.45, 7) is 1.53. The fraction of sp³-hybridized carbons (Fsp3) is 0.214. The number of halogens is 2. The van der Waals surface area contributed by atoms with Crippen LogP contribution in [0.5, 0.6) is 0 Å². The van der Waals surface area contributed by atoms with Crippen molar-refractivity contribution >= 4 is 29.2 Å². The second-order valence-electron chi connectivity index (χ2n) is 4.63. The van der Waals surface area contributed by atoms with E-state index >= 15 is 0 Å². The zero-order valence-electron chi connectivity index (χ0n) is 11.5. The van der Waals surface area contributed by atoms with E-state index in [2.05, 4.69) is 20.6 Å². The van der Waals surface area contributed by atoms with Gasteiger partial charge in [-0.25, -0.2) is 0 Å². The SMILES string of the molecule is Clc1cc(Cl)cc(-c2noc(NCCCn3cccn3)n2)c1. The van der Waals surface area contributed by atoms with E-state index in [-0.39, 0.29) is 0 Å². The van der Waals surface area contributed by atoms with Gasteiger partial charge in [-0.05, 0) is 30.7 Å². The molecule has 0 aliphatic carbocycles. The lowest BCUT2D eigenvalue weighted by Crippen LogP contribution is -2.07. The predicted molar refractivity (Wildman–Crippen MR) is 85.1 cm³/mol. The lowest BCUT2D eigenvalue weighted by Gasteiger charge is -2.01. The molecular formula is C14H13Cl2N5O. The molecule has 0 atom stereocenters. The van der Waals surface area contributed by atoms with E-state index in [1.165, 1.54) is 0 Å². The van der Waals surface area contributed by atoms with Crippen LogP contribution in [0.2, 0.25) is 10.0 Å². The van der Waals surface area contributed by atoms with Gasteiger partial charge in [0.1, 0.15) is 0 Å². The van der Waals surface area contributed by atoms with Crippen LogP contribution in [-0.4, -0.2) is 26.5 Å². The van der Waals surface area contributed by atoms with Crippen LogP contribution < -0.4 is 5.32 Å². The number of benzene rings is 1. The van der Waals surface area contributed by atoms with Crippen molar-refractivity contribution < 1.29 is 4.52 Å². The Kier molecular flexibility index (Phi) is 4.60. The number of aryl methyl sites for hydroxylation is 1. The van der Waals surface area contributed by atoms with Gasteiger partial charge in [-0.1, -0.05) is 28.4 Å². The highest BCUT2D eigenvalue weighted by Gasteiger charge is 2.09. The minimum atomic E-state index is 0.367. The summed E-state index contributed by atoms with van der Waals surface area (Å²) >= 11 is 11.9. The highest BCUT2D eigenvalue weighted by atomic mass is 35.5. The zero-order chi connectivity index (χ0) is 15.4. The Bertz CT molecular complexity index is 721. The number of hydrogen-bond donors (Lipinski definition) is 1. The van der Waals surface area contributed by atoms with E-state index < -0.39 is 0 Å². The molecule has 0 radical (unpaired) electrons. The summed E-state index contributed by atoms with van der Waals surface area (Å²) in [4.78, 5) is 4.27. The normalized spacial score (nSPS) is 10.8. The van der Waals surface area contributed by atoms with Crippen molar-refractivity contribution in [2.24, 2.45) is 0 Å². The fourth-order valence-corrected chi connectivity index (χ4v) is 2.49. The van der Waals surface area contributed by atoms with Gasteiger partial charge in [0.25, 0.3) is 0 Å². The highest BCUT2D eigenvalue weighted by molar-refractivity contribution is 6.35. The number of hydrogen-bond acceptors (Lipinski definition) is 5. The Balaban J connectivity index is 1.56. The Morgan fingerprint density at radius 1 is 1.18 bits per heavy atom. The second kappa shape index (κ2) is 6.81. The minimum Gasteiger partial charge on any atom is -0.338 e. The van der Waals surface area contributed by atoms with Crippen molar-refractivity contribution in [3.63, 3.8) is 0 Å². The third kappa shape index (κ3) is 3.78. The van der Waals surface area contributed by atoms with Crippen molar-refractivity contribution in [1.82, 2.24) is 19.9 Å². The van der Waals surface area contributed by atoms with Crippen LogP contribution in [0, 0.1) is 0 Å². The molecule has 3 rings (SSSR count). The Hall–Kier alpha value is -2.05. The first-order valence-corrected chi connectivity index (χ1v) is 7.48. The summed E-state index contributed by atoms with van der Waals surface area (Å²) in [7, 11) is 0. The molecule has 22 heavy (non-hydrogen) atoms. The van der Waals surface area contributed by atoms with Crippen molar-refractivity contribution in [3.8, 4) is 11.4 Å². The molecule has 1 aromatic carbocycles. The molecule has 3 aromatic rings. The van der Waals surface area contributed by atoms with E-state index in [1.807, 2.05) is 16.9 Å². The third-order valence-corrected chi connectivity index (χ3v) is 3.38. The van der Waals surface area contributed by atoms with E-state index in [0.29, 0.717) is 34.0 Å². The molecule has 2 heterocycles. The van der Waals surface area contributed by atoms with Gasteiger partial charge in [-0.2, -0.15) is 10.1 Å². The standard InChI is InChI=1S/C14H13Cl2N5O/c15-11-7-10(8-12(16)9-11)13-19-14(22-20-13)17-3-1-5-21-6-2-4-18-21/h2,4,6-9H,1,3,5H2,(H,17,19,20). The minimum absolute atomic E-state index is 0.367. The summed E-state index contributed by atoms with van der Waals surface area (Å²) in [6.07, 6.45) is 4.57. The molecule has 1 N–H and O–H groups in total. The van der Waals surface area contributed by atoms with Gasteiger partial charge in [0.15, 0.2) is 0 Å². The van der Waals surface area contributed by atoms with E-state index in [4.69, 9.17) is 27.7 Å². The molecule has 114 valence electrons. The smallest absolute Gasteiger partial charge is 0.321 e. The third-order valence-electron chi connectivity index (χ3n) is 2.95. The van der Waals surface area contributed by atoms with E-state index in [1.54, 1.807) is 24.4 Å². The molecule has 0 unspecified atom stereocenters. The molecule has 0 saturated carbocycles. The summed E-state index contributed by atoms with van der Waals surface area (Å²) in [5.41, 5.74) is 0.714. The Labute approximate surface area is 137 Å². The molecule has 0 bridgehead atoms. The Morgan fingerprint density at radius 2 is 2.00 bits per heavy atom. The van der Waals surface area contributed by atoms with Crippen LogP contribution in [0.1, 0.15) is 6.42 Å². The fourth-order valence-electron chi connectivity index (χ4n) is 1.96. The van der Waals surface area contributed by atoms with Crippen LogP contribution in [0.25, 0.3) is 11.4 Å². The maximum Gasteiger partial charge on any atom is 0.321 e. The van der Waals surface area contributed by atoms with Crippen LogP contribution in [-0.2, 0) is 6.54 Å². The van der Waals surface area contributed by atoms with Crippen LogP contribution >= 0.6 is 23.2 Å². The van der Waals surface area contributed by atoms with Gasteiger partial charge in [0, 0.05) is 41.1 Å². The molecule has 0 amide bonds. The molecule has 6 nitrogen and oxygen atoms in total.